The third kappa shape index (κ3) is 4.15. The maximum Gasteiger partial charge on any atom is 0.288 e. The van der Waals surface area contributed by atoms with Crippen molar-refractivity contribution in [1.82, 2.24) is 9.97 Å². The number of nitro groups is 1. The van der Waals surface area contributed by atoms with E-state index in [1.165, 1.54) is 0 Å². The number of nitriles is 1. The standard InChI is InChI=1S/C20H16BrN5O2/c1-12-9-16(21)20(26(27)28)13(2)19(12)25-17-7-8-23-18(24-17)10-14-3-5-15(11-22)6-4-14/h3-9H,10H2,1-2H3,(H,23,24,25). The van der Waals surface area contributed by atoms with Gasteiger partial charge < -0.3 is 5.32 Å². The summed E-state index contributed by atoms with van der Waals surface area (Å²) in [6.07, 6.45) is 2.16. The van der Waals surface area contributed by atoms with Gasteiger partial charge in [0.15, 0.2) is 0 Å². The molecule has 0 atom stereocenters. The zero-order valence-corrected chi connectivity index (χ0v) is 16.8. The number of nitrogens with one attached hydrogen (secondary N) is 1. The van der Waals surface area contributed by atoms with Crippen molar-refractivity contribution < 1.29 is 4.92 Å². The number of hydrogen-bond acceptors (Lipinski definition) is 6. The van der Waals surface area contributed by atoms with Crippen molar-refractivity contribution >= 4 is 33.1 Å². The van der Waals surface area contributed by atoms with Crippen molar-refractivity contribution in [3.63, 3.8) is 0 Å². The van der Waals surface area contributed by atoms with Gasteiger partial charge in [0.25, 0.3) is 5.69 Å². The van der Waals surface area contributed by atoms with Gasteiger partial charge in [0.1, 0.15) is 11.6 Å². The smallest absolute Gasteiger partial charge is 0.288 e. The van der Waals surface area contributed by atoms with Crippen molar-refractivity contribution in [2.75, 3.05) is 5.32 Å². The molecule has 0 unspecified atom stereocenters. The van der Waals surface area contributed by atoms with E-state index in [-0.39, 0.29) is 5.69 Å². The Morgan fingerprint density at radius 3 is 2.61 bits per heavy atom. The van der Waals surface area contributed by atoms with Crippen molar-refractivity contribution in [3.8, 4) is 6.07 Å². The SMILES string of the molecule is Cc1cc(Br)c([N+](=O)[O-])c(C)c1Nc1ccnc(Cc2ccc(C#N)cc2)n1. The predicted octanol–water partition coefficient (Wildman–Crippen LogP) is 4.97. The molecule has 7 nitrogen and oxygen atoms in total. The predicted molar refractivity (Wildman–Crippen MR) is 110 cm³/mol. The first kappa shape index (κ1) is 19.5. The Kier molecular flexibility index (Phi) is 5.66. The first-order valence-corrected chi connectivity index (χ1v) is 9.20. The van der Waals surface area contributed by atoms with Crippen LogP contribution in [0.4, 0.5) is 17.2 Å². The summed E-state index contributed by atoms with van der Waals surface area (Å²) in [4.78, 5) is 19.8. The van der Waals surface area contributed by atoms with E-state index in [4.69, 9.17) is 5.26 Å². The van der Waals surface area contributed by atoms with Gasteiger partial charge in [-0.25, -0.2) is 9.97 Å². The summed E-state index contributed by atoms with van der Waals surface area (Å²) < 4.78 is 0.447. The van der Waals surface area contributed by atoms with Crippen LogP contribution in [-0.4, -0.2) is 14.9 Å². The molecule has 140 valence electrons. The molecule has 0 aliphatic carbocycles. The molecule has 1 heterocycles. The second-order valence-electron chi connectivity index (χ2n) is 6.25. The Morgan fingerprint density at radius 1 is 1.25 bits per heavy atom. The van der Waals surface area contributed by atoms with E-state index < -0.39 is 4.92 Å². The Bertz CT molecular complexity index is 1090. The fourth-order valence-electron chi connectivity index (χ4n) is 2.90. The van der Waals surface area contributed by atoms with Crippen molar-refractivity contribution in [2.24, 2.45) is 0 Å². The lowest BCUT2D eigenvalue weighted by molar-refractivity contribution is -0.386. The lowest BCUT2D eigenvalue weighted by Crippen LogP contribution is -2.04. The summed E-state index contributed by atoms with van der Waals surface area (Å²) in [5.74, 6) is 1.16. The molecule has 28 heavy (non-hydrogen) atoms. The number of hydrogen-bond donors (Lipinski definition) is 1. The number of nitro benzene ring substituents is 1. The third-order valence-corrected chi connectivity index (χ3v) is 4.88. The summed E-state index contributed by atoms with van der Waals surface area (Å²) in [5.41, 5.74) is 3.66. The van der Waals surface area contributed by atoms with E-state index in [0.29, 0.717) is 39.4 Å². The van der Waals surface area contributed by atoms with Gasteiger partial charge in [-0.15, -0.1) is 0 Å². The van der Waals surface area contributed by atoms with Gasteiger partial charge in [0, 0.05) is 12.6 Å². The van der Waals surface area contributed by atoms with E-state index in [1.54, 1.807) is 37.4 Å². The molecule has 0 radical (unpaired) electrons. The zero-order valence-electron chi connectivity index (χ0n) is 15.2. The fourth-order valence-corrected chi connectivity index (χ4v) is 3.69. The van der Waals surface area contributed by atoms with Crippen molar-refractivity contribution in [3.05, 3.63) is 85.3 Å². The van der Waals surface area contributed by atoms with Gasteiger partial charge in [0.2, 0.25) is 0 Å². The molecule has 0 saturated carbocycles. The van der Waals surface area contributed by atoms with Crippen LogP contribution < -0.4 is 5.32 Å². The van der Waals surface area contributed by atoms with Crippen LogP contribution in [0, 0.1) is 35.3 Å². The average molecular weight is 438 g/mol. The maximum atomic E-state index is 11.4. The highest BCUT2D eigenvalue weighted by atomic mass is 79.9. The minimum Gasteiger partial charge on any atom is -0.339 e. The molecule has 0 spiro atoms. The van der Waals surface area contributed by atoms with Crippen LogP contribution in [0.15, 0.2) is 47.1 Å². The van der Waals surface area contributed by atoms with Crippen LogP contribution in [0.25, 0.3) is 0 Å². The molecule has 0 amide bonds. The molecule has 1 aromatic heterocycles. The molecule has 0 aliphatic heterocycles. The first-order chi connectivity index (χ1) is 13.4. The summed E-state index contributed by atoms with van der Waals surface area (Å²) in [6, 6.07) is 12.8. The van der Waals surface area contributed by atoms with E-state index in [2.05, 4.69) is 37.3 Å². The molecule has 3 aromatic rings. The van der Waals surface area contributed by atoms with Gasteiger partial charge in [-0.1, -0.05) is 12.1 Å². The Balaban J connectivity index is 1.88. The normalized spacial score (nSPS) is 10.4. The molecule has 0 bridgehead atoms. The highest BCUT2D eigenvalue weighted by Crippen LogP contribution is 2.37. The molecule has 8 heteroatoms. The Morgan fingerprint density at radius 2 is 1.96 bits per heavy atom. The number of aryl methyl sites for hydroxylation is 1. The molecule has 1 N–H and O–H groups in total. The number of rotatable bonds is 5. The molecule has 0 aliphatic rings. The van der Waals surface area contributed by atoms with Crippen LogP contribution in [0.2, 0.25) is 0 Å². The molecule has 2 aromatic carbocycles. The lowest BCUT2D eigenvalue weighted by atomic mass is 10.1. The van der Waals surface area contributed by atoms with Gasteiger partial charge in [-0.3, -0.25) is 10.1 Å². The lowest BCUT2D eigenvalue weighted by Gasteiger charge is -2.14. The Hall–Kier alpha value is -3.31. The van der Waals surface area contributed by atoms with E-state index >= 15 is 0 Å². The van der Waals surface area contributed by atoms with Crippen LogP contribution in [-0.2, 0) is 6.42 Å². The van der Waals surface area contributed by atoms with Crippen LogP contribution in [0.1, 0.15) is 28.1 Å². The minimum atomic E-state index is -0.402. The number of aromatic nitrogens is 2. The first-order valence-electron chi connectivity index (χ1n) is 8.41. The van der Waals surface area contributed by atoms with Gasteiger partial charge in [-0.05, 0) is 65.2 Å². The molecule has 0 saturated heterocycles. The molecular weight excluding hydrogens is 422 g/mol. The monoisotopic (exact) mass is 437 g/mol. The van der Waals surface area contributed by atoms with Crippen LogP contribution in [0.3, 0.4) is 0 Å². The minimum absolute atomic E-state index is 0.0277. The van der Waals surface area contributed by atoms with E-state index in [0.717, 1.165) is 11.1 Å². The van der Waals surface area contributed by atoms with Gasteiger partial charge in [-0.2, -0.15) is 5.26 Å². The average Bonchev–Trinajstić information content (AvgIpc) is 2.65. The second kappa shape index (κ2) is 8.15. The van der Waals surface area contributed by atoms with E-state index in [9.17, 15) is 10.1 Å². The highest BCUT2D eigenvalue weighted by Gasteiger charge is 2.21. The number of halogens is 1. The summed E-state index contributed by atoms with van der Waals surface area (Å²) in [6.45, 7) is 3.58. The quantitative estimate of drug-likeness (QED) is 0.446. The topological polar surface area (TPSA) is 105 Å². The Labute approximate surface area is 170 Å². The number of benzene rings is 2. The molecule has 3 rings (SSSR count). The highest BCUT2D eigenvalue weighted by molar-refractivity contribution is 9.10. The number of anilines is 2. The second-order valence-corrected chi connectivity index (χ2v) is 7.10. The van der Waals surface area contributed by atoms with Crippen LogP contribution >= 0.6 is 15.9 Å². The van der Waals surface area contributed by atoms with Gasteiger partial charge in [0.05, 0.1) is 32.3 Å². The summed E-state index contributed by atoms with van der Waals surface area (Å²) >= 11 is 3.26. The molecular formula is C20H16BrN5O2. The van der Waals surface area contributed by atoms with Crippen LogP contribution in [0.5, 0.6) is 0 Å². The fraction of sp³-hybridized carbons (Fsp3) is 0.150. The van der Waals surface area contributed by atoms with E-state index in [1.807, 2.05) is 19.1 Å². The summed E-state index contributed by atoms with van der Waals surface area (Å²) in [5, 5.41) is 23.4. The van der Waals surface area contributed by atoms with Crippen molar-refractivity contribution in [2.45, 2.75) is 20.3 Å². The van der Waals surface area contributed by atoms with Crippen molar-refractivity contribution in [1.29, 1.82) is 5.26 Å². The summed E-state index contributed by atoms with van der Waals surface area (Å²) in [7, 11) is 0. The largest absolute Gasteiger partial charge is 0.339 e. The zero-order chi connectivity index (χ0) is 20.3. The third-order valence-electron chi connectivity index (χ3n) is 4.28. The number of nitrogens with zero attached hydrogens (tertiary/aromatic N) is 4. The molecule has 0 fully saturated rings. The van der Waals surface area contributed by atoms with Gasteiger partial charge >= 0.3 is 0 Å². The maximum absolute atomic E-state index is 11.4.